The molecule has 0 fully saturated rings. The van der Waals surface area contributed by atoms with Gasteiger partial charge in [0.05, 0.1) is 27.6 Å². The number of allylic oxidation sites excluding steroid dienone is 3. The smallest absolute Gasteiger partial charge is 0.162 e. The second-order valence-corrected chi connectivity index (χ2v) is 9.30. The summed E-state index contributed by atoms with van der Waals surface area (Å²) in [6.07, 6.45) is 1.07. The number of halogens is 2. The number of benzene rings is 2. The predicted octanol–water partition coefficient (Wildman–Crippen LogP) is 5.93. The van der Waals surface area contributed by atoms with Crippen LogP contribution in [0.4, 0.5) is 5.69 Å². The summed E-state index contributed by atoms with van der Waals surface area (Å²) in [6, 6.07) is 17.1. The highest BCUT2D eigenvalue weighted by Gasteiger charge is 2.44. The van der Waals surface area contributed by atoms with Gasteiger partial charge in [0.25, 0.3) is 0 Å². The average Bonchev–Trinajstić information content (AvgIpc) is 2.69. The zero-order valence-electron chi connectivity index (χ0n) is 16.7. The molecule has 1 aliphatic carbocycles. The summed E-state index contributed by atoms with van der Waals surface area (Å²) in [4.78, 5) is 15.2. The summed E-state index contributed by atoms with van der Waals surface area (Å²) in [7, 11) is 0. The Morgan fingerprint density at radius 1 is 1.10 bits per heavy atom. The quantitative estimate of drug-likeness (QED) is 0.631. The number of carbonyl (C=O) groups is 1. The average molecular weight is 438 g/mol. The molecule has 6 heteroatoms. The number of Topliss-reactive ketones (excluding diaryl/α,β-unsaturated/α-hetero) is 1. The van der Waals surface area contributed by atoms with Crippen LogP contribution in [-0.4, -0.2) is 5.78 Å². The molecule has 152 valence electrons. The maximum absolute atomic E-state index is 13.4. The van der Waals surface area contributed by atoms with Gasteiger partial charge in [-0.25, -0.2) is 0 Å². The molecule has 2 N–H and O–H groups in total. The molecule has 0 amide bonds. The molecule has 4 rings (SSSR count). The number of nitrogens with two attached hydrogens (primary N) is 1. The van der Waals surface area contributed by atoms with Crippen molar-refractivity contribution in [1.29, 1.82) is 5.26 Å². The molecule has 1 atom stereocenters. The summed E-state index contributed by atoms with van der Waals surface area (Å²) >= 11 is 12.4. The van der Waals surface area contributed by atoms with Crippen molar-refractivity contribution in [1.82, 2.24) is 0 Å². The lowest BCUT2D eigenvalue weighted by Gasteiger charge is -2.43. The SMILES string of the molecule is CC1(C)CC(=O)C2=C(C1)N(c1ccc(Cl)c(Cl)c1)C(N)=C(C#N)C2c1ccccc1. The fourth-order valence-electron chi connectivity index (χ4n) is 4.41. The minimum atomic E-state index is -0.478. The van der Waals surface area contributed by atoms with Crippen LogP contribution < -0.4 is 10.6 Å². The lowest BCUT2D eigenvalue weighted by molar-refractivity contribution is -0.118. The number of hydrogen-bond donors (Lipinski definition) is 1. The first kappa shape index (κ1) is 20.5. The molecular weight excluding hydrogens is 417 g/mol. The highest BCUT2D eigenvalue weighted by atomic mass is 35.5. The van der Waals surface area contributed by atoms with Crippen LogP contribution in [0.3, 0.4) is 0 Å². The third-order valence-electron chi connectivity index (χ3n) is 5.68. The van der Waals surface area contributed by atoms with Gasteiger partial charge < -0.3 is 5.73 Å². The van der Waals surface area contributed by atoms with Crippen LogP contribution in [0.1, 0.15) is 38.2 Å². The normalized spacial score (nSPS) is 20.8. The number of hydrogen-bond acceptors (Lipinski definition) is 4. The van der Waals surface area contributed by atoms with Crippen molar-refractivity contribution in [2.45, 2.75) is 32.6 Å². The number of nitrogens with zero attached hydrogens (tertiary/aromatic N) is 2. The van der Waals surface area contributed by atoms with Crippen LogP contribution in [0.15, 0.2) is 71.2 Å². The van der Waals surface area contributed by atoms with E-state index < -0.39 is 5.92 Å². The first-order chi connectivity index (χ1) is 14.2. The van der Waals surface area contributed by atoms with Crippen LogP contribution >= 0.6 is 23.2 Å². The van der Waals surface area contributed by atoms with Crippen LogP contribution in [0.25, 0.3) is 0 Å². The molecule has 1 heterocycles. The van der Waals surface area contributed by atoms with Gasteiger partial charge in [-0.2, -0.15) is 5.26 Å². The van der Waals surface area contributed by atoms with E-state index in [2.05, 4.69) is 19.9 Å². The van der Waals surface area contributed by atoms with Crippen molar-refractivity contribution in [3.8, 4) is 6.07 Å². The molecular formula is C24H21Cl2N3O. The summed E-state index contributed by atoms with van der Waals surface area (Å²) in [6.45, 7) is 4.14. The maximum atomic E-state index is 13.4. The van der Waals surface area contributed by atoms with Gasteiger partial charge >= 0.3 is 0 Å². The summed E-state index contributed by atoms with van der Waals surface area (Å²) in [5, 5.41) is 10.9. The number of ketones is 1. The van der Waals surface area contributed by atoms with Crippen molar-refractivity contribution in [3.63, 3.8) is 0 Å². The Labute approximate surface area is 186 Å². The third-order valence-corrected chi connectivity index (χ3v) is 6.41. The van der Waals surface area contributed by atoms with E-state index in [0.717, 1.165) is 11.3 Å². The van der Waals surface area contributed by atoms with E-state index in [0.29, 0.717) is 45.5 Å². The fourth-order valence-corrected chi connectivity index (χ4v) is 4.70. The van der Waals surface area contributed by atoms with Crippen LogP contribution in [0.5, 0.6) is 0 Å². The van der Waals surface area contributed by atoms with Gasteiger partial charge in [0.15, 0.2) is 5.78 Å². The highest BCUT2D eigenvalue weighted by Crippen LogP contribution is 2.50. The second kappa shape index (κ2) is 7.50. The van der Waals surface area contributed by atoms with Crippen molar-refractivity contribution in [3.05, 3.63) is 86.8 Å². The molecule has 1 unspecified atom stereocenters. The van der Waals surface area contributed by atoms with E-state index in [1.54, 1.807) is 23.1 Å². The predicted molar refractivity (Wildman–Crippen MR) is 120 cm³/mol. The Morgan fingerprint density at radius 2 is 1.80 bits per heavy atom. The van der Waals surface area contributed by atoms with E-state index in [4.69, 9.17) is 28.9 Å². The monoisotopic (exact) mass is 437 g/mol. The first-order valence-electron chi connectivity index (χ1n) is 9.69. The molecule has 0 radical (unpaired) electrons. The molecule has 0 saturated carbocycles. The lowest BCUT2D eigenvalue weighted by atomic mass is 9.68. The summed E-state index contributed by atoms with van der Waals surface area (Å²) in [5.41, 5.74) is 9.73. The van der Waals surface area contributed by atoms with Crippen molar-refractivity contribution in [2.24, 2.45) is 11.1 Å². The van der Waals surface area contributed by atoms with Crippen molar-refractivity contribution < 1.29 is 4.79 Å². The van der Waals surface area contributed by atoms with Gasteiger partial charge in [-0.1, -0.05) is 67.4 Å². The number of carbonyl (C=O) groups excluding carboxylic acids is 1. The first-order valence-corrected chi connectivity index (χ1v) is 10.5. The van der Waals surface area contributed by atoms with Crippen LogP contribution in [0.2, 0.25) is 10.0 Å². The number of anilines is 1. The van der Waals surface area contributed by atoms with E-state index in [-0.39, 0.29) is 11.2 Å². The zero-order valence-corrected chi connectivity index (χ0v) is 18.3. The van der Waals surface area contributed by atoms with Gasteiger partial charge in [-0.05, 0) is 35.6 Å². The Balaban J connectivity index is 2.01. The third kappa shape index (κ3) is 3.39. The molecule has 2 aliphatic rings. The molecule has 1 aliphatic heterocycles. The molecule has 2 aromatic carbocycles. The van der Waals surface area contributed by atoms with E-state index >= 15 is 0 Å². The molecule has 4 nitrogen and oxygen atoms in total. The summed E-state index contributed by atoms with van der Waals surface area (Å²) in [5.74, 6) is -0.122. The lowest BCUT2D eigenvalue weighted by Crippen LogP contribution is -2.42. The van der Waals surface area contributed by atoms with Gasteiger partial charge in [0.1, 0.15) is 5.82 Å². The molecule has 0 aromatic heterocycles. The Bertz CT molecular complexity index is 1140. The second-order valence-electron chi connectivity index (χ2n) is 8.49. The minimum Gasteiger partial charge on any atom is -0.384 e. The van der Waals surface area contributed by atoms with E-state index in [1.165, 1.54) is 0 Å². The molecule has 0 saturated heterocycles. The largest absolute Gasteiger partial charge is 0.384 e. The fraction of sp³-hybridized carbons (Fsp3) is 0.250. The van der Waals surface area contributed by atoms with Crippen LogP contribution in [0, 0.1) is 16.7 Å². The van der Waals surface area contributed by atoms with E-state index in [9.17, 15) is 10.1 Å². The molecule has 30 heavy (non-hydrogen) atoms. The van der Waals surface area contributed by atoms with Gasteiger partial charge in [0.2, 0.25) is 0 Å². The molecule has 0 spiro atoms. The highest BCUT2D eigenvalue weighted by molar-refractivity contribution is 6.42. The standard InChI is InChI=1S/C24H21Cl2N3O/c1-24(2)11-19-22(20(30)12-24)21(14-6-4-3-5-7-14)16(13-27)23(28)29(19)15-8-9-17(25)18(26)10-15/h3-10,21H,11-12,28H2,1-2H3. The Hall–Kier alpha value is -2.74. The Morgan fingerprint density at radius 3 is 2.43 bits per heavy atom. The zero-order chi connectivity index (χ0) is 21.6. The topological polar surface area (TPSA) is 70.1 Å². The number of nitriles is 1. The van der Waals surface area contributed by atoms with Gasteiger partial charge in [-0.3, -0.25) is 9.69 Å². The number of rotatable bonds is 2. The Kier molecular flexibility index (Phi) is 5.13. The van der Waals surface area contributed by atoms with Crippen LogP contribution in [-0.2, 0) is 4.79 Å². The minimum absolute atomic E-state index is 0.0420. The maximum Gasteiger partial charge on any atom is 0.162 e. The van der Waals surface area contributed by atoms with Crippen molar-refractivity contribution in [2.75, 3.05) is 4.90 Å². The van der Waals surface area contributed by atoms with Gasteiger partial charge in [0, 0.05) is 23.4 Å². The summed E-state index contributed by atoms with van der Waals surface area (Å²) < 4.78 is 0. The van der Waals surface area contributed by atoms with E-state index in [1.807, 2.05) is 30.3 Å². The van der Waals surface area contributed by atoms with Gasteiger partial charge in [-0.15, -0.1) is 0 Å². The molecule has 2 aromatic rings. The van der Waals surface area contributed by atoms with Crippen molar-refractivity contribution >= 4 is 34.7 Å². The molecule has 0 bridgehead atoms.